The normalized spacial score (nSPS) is 33.2. The molecule has 0 aliphatic heterocycles. The van der Waals surface area contributed by atoms with E-state index in [1.54, 1.807) is 0 Å². The van der Waals surface area contributed by atoms with Crippen LogP contribution in [-0.4, -0.2) is 20.8 Å². The van der Waals surface area contributed by atoms with E-state index in [2.05, 4.69) is 16.5 Å². The minimum Gasteiger partial charge on any atom is -0.392 e. The lowest BCUT2D eigenvalue weighted by Crippen LogP contribution is -2.28. The van der Waals surface area contributed by atoms with Gasteiger partial charge < -0.3 is 9.67 Å². The van der Waals surface area contributed by atoms with Crippen LogP contribution in [0.1, 0.15) is 38.4 Å². The van der Waals surface area contributed by atoms with Crippen LogP contribution in [-0.2, 0) is 13.0 Å². The summed E-state index contributed by atoms with van der Waals surface area (Å²) in [5, 5.41) is 10.4. The Morgan fingerprint density at radius 3 is 3.00 bits per heavy atom. The predicted octanol–water partition coefficient (Wildman–Crippen LogP) is 2.24. The van der Waals surface area contributed by atoms with Crippen molar-refractivity contribution in [1.29, 1.82) is 0 Å². The molecular formula is C14H22N2O. The lowest BCUT2D eigenvalue weighted by Gasteiger charge is -2.26. The molecule has 4 unspecified atom stereocenters. The van der Waals surface area contributed by atoms with Crippen LogP contribution in [0.4, 0.5) is 0 Å². The highest BCUT2D eigenvalue weighted by molar-refractivity contribution is 4.99. The van der Waals surface area contributed by atoms with E-state index in [-0.39, 0.29) is 6.10 Å². The van der Waals surface area contributed by atoms with Crippen molar-refractivity contribution < 1.29 is 5.11 Å². The standard InChI is InChI=1S/C14H22N2O/c1-2-16-6-5-15-14(16)9-13(17)12-8-10-3-4-11(12)7-10/h5-6,10-13,17H,2-4,7-9H2,1H3. The SMILES string of the molecule is CCn1ccnc1CC(O)C1CC2CCC1C2. The summed E-state index contributed by atoms with van der Waals surface area (Å²) < 4.78 is 2.14. The number of aliphatic hydroxyl groups is 1. The number of imidazole rings is 1. The molecular weight excluding hydrogens is 212 g/mol. The monoisotopic (exact) mass is 234 g/mol. The third-order valence-electron chi connectivity index (χ3n) is 4.82. The quantitative estimate of drug-likeness (QED) is 0.867. The average Bonchev–Trinajstić information content (AvgIpc) is 3.03. The third kappa shape index (κ3) is 2.01. The molecule has 2 bridgehead atoms. The van der Waals surface area contributed by atoms with Crippen molar-refractivity contribution >= 4 is 0 Å². The highest BCUT2D eigenvalue weighted by atomic mass is 16.3. The van der Waals surface area contributed by atoms with Gasteiger partial charge in [0.05, 0.1) is 6.10 Å². The first-order valence-electron chi connectivity index (χ1n) is 6.96. The number of rotatable bonds is 4. The molecule has 2 saturated carbocycles. The van der Waals surface area contributed by atoms with Gasteiger partial charge in [0.1, 0.15) is 5.82 Å². The van der Waals surface area contributed by atoms with Crippen LogP contribution in [0.2, 0.25) is 0 Å². The molecule has 2 aliphatic rings. The maximum Gasteiger partial charge on any atom is 0.111 e. The summed E-state index contributed by atoms with van der Waals surface area (Å²) in [5.41, 5.74) is 0. The summed E-state index contributed by atoms with van der Waals surface area (Å²) in [7, 11) is 0. The maximum absolute atomic E-state index is 10.4. The molecule has 1 aromatic heterocycles. The van der Waals surface area contributed by atoms with Crippen LogP contribution in [0, 0.1) is 17.8 Å². The Kier molecular flexibility index (Phi) is 2.95. The summed E-state index contributed by atoms with van der Waals surface area (Å²) in [4.78, 5) is 4.36. The molecule has 1 aromatic rings. The zero-order valence-electron chi connectivity index (χ0n) is 10.5. The van der Waals surface area contributed by atoms with Crippen molar-refractivity contribution in [2.24, 2.45) is 17.8 Å². The summed E-state index contributed by atoms with van der Waals surface area (Å²) in [6, 6.07) is 0. The topological polar surface area (TPSA) is 38.0 Å². The van der Waals surface area contributed by atoms with Crippen LogP contribution in [0.3, 0.4) is 0 Å². The highest BCUT2D eigenvalue weighted by Gasteiger charge is 2.42. The van der Waals surface area contributed by atoms with E-state index in [4.69, 9.17) is 0 Å². The van der Waals surface area contributed by atoms with E-state index in [1.165, 1.54) is 25.7 Å². The van der Waals surface area contributed by atoms with Crippen molar-refractivity contribution in [1.82, 2.24) is 9.55 Å². The number of aryl methyl sites for hydroxylation is 1. The second-order valence-corrected chi connectivity index (χ2v) is 5.74. The van der Waals surface area contributed by atoms with Crippen molar-refractivity contribution in [3.63, 3.8) is 0 Å². The molecule has 0 radical (unpaired) electrons. The molecule has 0 spiro atoms. The van der Waals surface area contributed by atoms with E-state index in [0.717, 1.165) is 30.6 Å². The van der Waals surface area contributed by atoms with E-state index in [0.29, 0.717) is 5.92 Å². The van der Waals surface area contributed by atoms with Gasteiger partial charge in [0.15, 0.2) is 0 Å². The second kappa shape index (κ2) is 4.45. The number of fused-ring (bicyclic) bond motifs is 2. The van der Waals surface area contributed by atoms with Gasteiger partial charge in [-0.25, -0.2) is 4.98 Å². The molecule has 2 fully saturated rings. The highest BCUT2D eigenvalue weighted by Crippen LogP contribution is 2.49. The van der Waals surface area contributed by atoms with E-state index < -0.39 is 0 Å². The van der Waals surface area contributed by atoms with Gasteiger partial charge in [-0.3, -0.25) is 0 Å². The van der Waals surface area contributed by atoms with Crippen molar-refractivity contribution in [3.8, 4) is 0 Å². The fourth-order valence-corrected chi connectivity index (χ4v) is 3.92. The van der Waals surface area contributed by atoms with Gasteiger partial charge >= 0.3 is 0 Å². The Balaban J connectivity index is 1.65. The van der Waals surface area contributed by atoms with Crippen LogP contribution in [0.25, 0.3) is 0 Å². The molecule has 1 N–H and O–H groups in total. The van der Waals surface area contributed by atoms with Crippen LogP contribution >= 0.6 is 0 Å². The molecule has 0 aromatic carbocycles. The first kappa shape index (κ1) is 11.3. The van der Waals surface area contributed by atoms with Crippen molar-refractivity contribution in [3.05, 3.63) is 18.2 Å². The number of hydrogen-bond acceptors (Lipinski definition) is 2. The minimum absolute atomic E-state index is 0.182. The first-order valence-corrected chi connectivity index (χ1v) is 6.96. The molecule has 2 aliphatic carbocycles. The summed E-state index contributed by atoms with van der Waals surface area (Å²) in [6.07, 6.45) is 9.75. The van der Waals surface area contributed by atoms with Gasteiger partial charge in [0.25, 0.3) is 0 Å². The molecule has 3 heteroatoms. The summed E-state index contributed by atoms with van der Waals surface area (Å²) in [6.45, 7) is 3.06. The Morgan fingerprint density at radius 2 is 2.35 bits per heavy atom. The Hall–Kier alpha value is -0.830. The molecule has 17 heavy (non-hydrogen) atoms. The fourth-order valence-electron chi connectivity index (χ4n) is 3.92. The number of hydrogen-bond donors (Lipinski definition) is 1. The molecule has 94 valence electrons. The van der Waals surface area contributed by atoms with Crippen molar-refractivity contribution in [2.75, 3.05) is 0 Å². The van der Waals surface area contributed by atoms with E-state index >= 15 is 0 Å². The maximum atomic E-state index is 10.4. The van der Waals surface area contributed by atoms with Crippen LogP contribution in [0.15, 0.2) is 12.4 Å². The smallest absolute Gasteiger partial charge is 0.111 e. The lowest BCUT2D eigenvalue weighted by molar-refractivity contribution is 0.0727. The largest absolute Gasteiger partial charge is 0.392 e. The van der Waals surface area contributed by atoms with Gasteiger partial charge in [-0.1, -0.05) is 6.42 Å². The number of aromatic nitrogens is 2. The lowest BCUT2D eigenvalue weighted by atomic mass is 9.83. The molecule has 3 nitrogen and oxygen atoms in total. The average molecular weight is 234 g/mol. The van der Waals surface area contributed by atoms with Gasteiger partial charge in [-0.15, -0.1) is 0 Å². The van der Waals surface area contributed by atoms with E-state index in [1.807, 2.05) is 12.4 Å². The second-order valence-electron chi connectivity index (χ2n) is 5.74. The zero-order valence-corrected chi connectivity index (χ0v) is 10.5. The first-order chi connectivity index (χ1) is 8.28. The molecule has 4 atom stereocenters. The number of nitrogens with zero attached hydrogens (tertiary/aromatic N) is 2. The Morgan fingerprint density at radius 1 is 1.47 bits per heavy atom. The van der Waals surface area contributed by atoms with Gasteiger partial charge in [0, 0.05) is 25.4 Å². The van der Waals surface area contributed by atoms with E-state index in [9.17, 15) is 5.11 Å². The van der Waals surface area contributed by atoms with Gasteiger partial charge in [-0.2, -0.15) is 0 Å². The number of aliphatic hydroxyl groups excluding tert-OH is 1. The van der Waals surface area contributed by atoms with Crippen molar-refractivity contribution in [2.45, 2.75) is 51.7 Å². The minimum atomic E-state index is -0.182. The Labute approximate surface area is 103 Å². The molecule has 1 heterocycles. The van der Waals surface area contributed by atoms with Gasteiger partial charge in [-0.05, 0) is 43.9 Å². The summed E-state index contributed by atoms with van der Waals surface area (Å²) >= 11 is 0. The van der Waals surface area contributed by atoms with Gasteiger partial charge in [0.2, 0.25) is 0 Å². The molecule has 3 rings (SSSR count). The third-order valence-corrected chi connectivity index (χ3v) is 4.82. The Bertz CT molecular complexity index is 387. The summed E-state index contributed by atoms with van der Waals surface area (Å²) in [5.74, 6) is 3.28. The van der Waals surface area contributed by atoms with Crippen LogP contribution in [0.5, 0.6) is 0 Å². The fraction of sp³-hybridized carbons (Fsp3) is 0.786. The molecule has 0 amide bonds. The zero-order chi connectivity index (χ0) is 11.8. The van der Waals surface area contributed by atoms with Crippen LogP contribution < -0.4 is 0 Å². The molecule has 0 saturated heterocycles. The predicted molar refractivity (Wildman–Crippen MR) is 66.5 cm³/mol.